The average molecular weight is 115 g/mol. The highest BCUT2D eigenvalue weighted by molar-refractivity contribution is 6.43. The molecule has 1 fully saturated rings. The summed E-state index contributed by atoms with van der Waals surface area (Å²) in [6.45, 7) is 0. The molecule has 0 spiro atoms. The van der Waals surface area contributed by atoms with Gasteiger partial charge >= 0.3 is 7.12 Å². The molecule has 1 rings (SSSR count). The lowest BCUT2D eigenvalue weighted by Gasteiger charge is -2.12. The van der Waals surface area contributed by atoms with Crippen LogP contribution >= 0.6 is 0 Å². The lowest BCUT2D eigenvalue weighted by atomic mass is 9.83. The van der Waals surface area contributed by atoms with E-state index >= 15 is 0 Å². The van der Waals surface area contributed by atoms with Crippen LogP contribution in [0.4, 0.5) is 0 Å². The van der Waals surface area contributed by atoms with Crippen molar-refractivity contribution >= 4 is 13.0 Å². The van der Waals surface area contributed by atoms with Gasteiger partial charge in [0, 0.05) is 6.42 Å². The van der Waals surface area contributed by atoms with Crippen molar-refractivity contribution in [3.05, 3.63) is 0 Å². The number of nitrogens with one attached hydrogen (secondary N) is 1. The Labute approximate surface area is 46.9 Å². The molecule has 0 aromatic rings. The second-order valence-corrected chi connectivity index (χ2v) is 1.64. The second-order valence-electron chi connectivity index (χ2n) is 1.64. The van der Waals surface area contributed by atoms with E-state index in [-0.39, 0.29) is 5.91 Å². The molecule has 0 aromatic carbocycles. The molecule has 8 heavy (non-hydrogen) atoms. The maximum atomic E-state index is 10.3. The van der Waals surface area contributed by atoms with Gasteiger partial charge in [-0.3, -0.25) is 9.55 Å². The third-order valence-corrected chi connectivity index (χ3v) is 0.927. The van der Waals surface area contributed by atoms with Gasteiger partial charge < -0.3 is 5.02 Å². The van der Waals surface area contributed by atoms with Crippen LogP contribution in [0, 0.1) is 0 Å². The van der Waals surface area contributed by atoms with Crippen molar-refractivity contribution in [1.29, 1.82) is 0 Å². The summed E-state index contributed by atoms with van der Waals surface area (Å²) in [7, 11) is -0.812. The predicted molar refractivity (Wildman–Crippen MR) is 26.6 cm³/mol. The molecule has 1 aliphatic rings. The molecule has 1 aliphatic heterocycles. The summed E-state index contributed by atoms with van der Waals surface area (Å²) >= 11 is 0. The highest BCUT2D eigenvalue weighted by Gasteiger charge is 2.21. The zero-order chi connectivity index (χ0) is 5.98. The molecular formula is C3H6BNO3. The van der Waals surface area contributed by atoms with E-state index in [0.717, 1.165) is 0 Å². The summed E-state index contributed by atoms with van der Waals surface area (Å²) in [5.41, 5.74) is 2.04. The molecule has 4 nitrogen and oxygen atoms in total. The van der Waals surface area contributed by atoms with E-state index in [2.05, 4.69) is 4.76 Å². The Morgan fingerprint density at radius 3 is 3.00 bits per heavy atom. The van der Waals surface area contributed by atoms with Crippen LogP contribution in [0.2, 0.25) is 6.32 Å². The maximum Gasteiger partial charge on any atom is 0.479 e. The zero-order valence-corrected chi connectivity index (χ0v) is 4.26. The van der Waals surface area contributed by atoms with Gasteiger partial charge in [0.15, 0.2) is 0 Å². The molecule has 0 radical (unpaired) electrons. The minimum atomic E-state index is -0.812. The van der Waals surface area contributed by atoms with Crippen LogP contribution < -0.4 is 5.48 Å². The number of carbonyl (C=O) groups excluding carboxylic acids is 1. The highest BCUT2D eigenvalue weighted by atomic mass is 16.7. The van der Waals surface area contributed by atoms with E-state index in [1.807, 2.05) is 5.48 Å². The van der Waals surface area contributed by atoms with Crippen LogP contribution in [0.25, 0.3) is 0 Å². The summed E-state index contributed by atoms with van der Waals surface area (Å²) in [5.74, 6) is -0.171. The fraction of sp³-hybridized carbons (Fsp3) is 0.667. The Hall–Kier alpha value is -0.545. The maximum absolute atomic E-state index is 10.3. The summed E-state index contributed by atoms with van der Waals surface area (Å²) < 4.78 is 4.35. The van der Waals surface area contributed by atoms with E-state index in [0.29, 0.717) is 12.7 Å². The van der Waals surface area contributed by atoms with Gasteiger partial charge in [-0.25, -0.2) is 5.48 Å². The molecule has 0 aliphatic carbocycles. The van der Waals surface area contributed by atoms with E-state index in [4.69, 9.17) is 5.02 Å². The van der Waals surface area contributed by atoms with Gasteiger partial charge in [-0.2, -0.15) is 0 Å². The fourth-order valence-corrected chi connectivity index (χ4v) is 0.498. The molecule has 5 heteroatoms. The van der Waals surface area contributed by atoms with E-state index in [9.17, 15) is 4.79 Å². The first-order valence-corrected chi connectivity index (χ1v) is 2.41. The van der Waals surface area contributed by atoms with E-state index in [1.165, 1.54) is 0 Å². The highest BCUT2D eigenvalue weighted by Crippen LogP contribution is 2.00. The molecule has 1 heterocycles. The summed E-state index contributed by atoms with van der Waals surface area (Å²) in [6.07, 6.45) is 0.743. The van der Waals surface area contributed by atoms with Gasteiger partial charge in [-0.1, -0.05) is 0 Å². The van der Waals surface area contributed by atoms with Gasteiger partial charge in [0.1, 0.15) is 0 Å². The second kappa shape index (κ2) is 2.15. The zero-order valence-electron chi connectivity index (χ0n) is 4.26. The lowest BCUT2D eigenvalue weighted by molar-refractivity contribution is -0.129. The van der Waals surface area contributed by atoms with Crippen molar-refractivity contribution in [3.8, 4) is 0 Å². The van der Waals surface area contributed by atoms with Crippen LogP contribution in [-0.2, 0) is 9.55 Å². The number of hydroxylamine groups is 1. The third-order valence-electron chi connectivity index (χ3n) is 0.927. The van der Waals surface area contributed by atoms with Gasteiger partial charge in [-0.15, -0.1) is 0 Å². The van der Waals surface area contributed by atoms with Gasteiger partial charge in [0.2, 0.25) is 5.91 Å². The van der Waals surface area contributed by atoms with Crippen molar-refractivity contribution in [2.75, 3.05) is 0 Å². The Morgan fingerprint density at radius 1 is 1.88 bits per heavy atom. The van der Waals surface area contributed by atoms with Gasteiger partial charge in [0.25, 0.3) is 0 Å². The van der Waals surface area contributed by atoms with E-state index in [1.54, 1.807) is 0 Å². The average Bonchev–Trinajstić information content (AvgIpc) is 1.77. The van der Waals surface area contributed by atoms with Crippen LogP contribution in [0.5, 0.6) is 0 Å². The number of carbonyl (C=O) groups is 1. The fourth-order valence-electron chi connectivity index (χ4n) is 0.498. The topological polar surface area (TPSA) is 58.6 Å². The molecule has 1 amide bonds. The Balaban J connectivity index is 2.29. The Morgan fingerprint density at radius 2 is 2.62 bits per heavy atom. The summed E-state index contributed by atoms with van der Waals surface area (Å²) in [4.78, 5) is 10.3. The van der Waals surface area contributed by atoms with Crippen molar-refractivity contribution in [2.45, 2.75) is 12.7 Å². The van der Waals surface area contributed by atoms with Gasteiger partial charge in [-0.05, 0) is 6.32 Å². The minimum absolute atomic E-state index is 0.171. The molecule has 0 saturated carbocycles. The van der Waals surface area contributed by atoms with Crippen LogP contribution in [0.3, 0.4) is 0 Å². The Bertz CT molecular complexity index is 96.7. The molecule has 0 atom stereocenters. The monoisotopic (exact) mass is 115 g/mol. The van der Waals surface area contributed by atoms with Crippen LogP contribution in [0.1, 0.15) is 6.42 Å². The molecule has 2 N–H and O–H groups in total. The molecular weight excluding hydrogens is 109 g/mol. The van der Waals surface area contributed by atoms with Crippen molar-refractivity contribution in [1.82, 2.24) is 5.48 Å². The van der Waals surface area contributed by atoms with Crippen molar-refractivity contribution in [3.63, 3.8) is 0 Å². The number of hydrogen-bond acceptors (Lipinski definition) is 3. The Kier molecular flexibility index (Phi) is 1.50. The third kappa shape index (κ3) is 1.21. The lowest BCUT2D eigenvalue weighted by Crippen LogP contribution is -2.38. The number of amides is 1. The standard InChI is InChI=1S/C3H6BNO3/c6-3-1-2-4(7)8-5-3/h7H,1-2H2,(H,5,6). The predicted octanol–water partition coefficient (Wildman–Crippen LogP) is -1.08. The molecule has 0 unspecified atom stereocenters. The van der Waals surface area contributed by atoms with Gasteiger partial charge in [0.05, 0.1) is 0 Å². The first-order valence-electron chi connectivity index (χ1n) is 2.41. The van der Waals surface area contributed by atoms with Crippen LogP contribution in [0.15, 0.2) is 0 Å². The normalized spacial score (nSPS) is 20.6. The molecule has 0 aromatic heterocycles. The first-order chi connectivity index (χ1) is 3.79. The molecule has 0 bridgehead atoms. The summed E-state index contributed by atoms with van der Waals surface area (Å²) in [6, 6.07) is 0. The quantitative estimate of drug-likeness (QED) is 0.394. The molecule has 1 saturated heterocycles. The minimum Gasteiger partial charge on any atom is -0.426 e. The number of rotatable bonds is 0. The van der Waals surface area contributed by atoms with Crippen molar-refractivity contribution < 1.29 is 14.6 Å². The SMILES string of the molecule is O=C1CCB(O)ON1. The first kappa shape index (κ1) is 5.59. The van der Waals surface area contributed by atoms with E-state index < -0.39 is 7.12 Å². The largest absolute Gasteiger partial charge is 0.479 e. The van der Waals surface area contributed by atoms with Crippen LogP contribution in [-0.4, -0.2) is 18.0 Å². The number of hydrogen-bond donors (Lipinski definition) is 2. The summed E-state index contributed by atoms with van der Waals surface area (Å²) in [5, 5.41) is 8.59. The molecule has 44 valence electrons. The van der Waals surface area contributed by atoms with Crippen molar-refractivity contribution in [2.24, 2.45) is 0 Å². The smallest absolute Gasteiger partial charge is 0.426 e.